The Labute approximate surface area is 158 Å². The molecule has 0 spiro atoms. The van der Waals surface area contributed by atoms with E-state index in [1.807, 2.05) is 17.0 Å². The van der Waals surface area contributed by atoms with Gasteiger partial charge in [0, 0.05) is 36.3 Å². The maximum absolute atomic E-state index is 12.6. The van der Waals surface area contributed by atoms with E-state index in [0.717, 1.165) is 24.9 Å². The molecule has 0 bridgehead atoms. The Morgan fingerprint density at radius 2 is 2.15 bits per heavy atom. The maximum Gasteiger partial charge on any atom is 0.227 e. The Balaban J connectivity index is 1.52. The minimum atomic E-state index is 0.127. The Hall–Kier alpha value is -2.58. The second-order valence-electron chi connectivity index (χ2n) is 6.46. The predicted octanol–water partition coefficient (Wildman–Crippen LogP) is 3.47. The standard InChI is InChI=1S/C20H20ClN3O2/c21-18-5-3-15(4-6-18)11-20(25)24-9-1-2-17(13-24)14-26-19-10-16(12-22)7-8-23-19/h3-8,10,17H,1-2,9,11,13-14H2. The van der Waals surface area contributed by atoms with E-state index in [0.29, 0.717) is 36.0 Å². The Bertz CT molecular complexity index is 801. The number of carbonyl (C=O) groups is 1. The molecule has 1 aliphatic heterocycles. The number of pyridine rings is 1. The number of nitriles is 1. The second-order valence-corrected chi connectivity index (χ2v) is 6.89. The zero-order valence-electron chi connectivity index (χ0n) is 14.4. The average Bonchev–Trinajstić information content (AvgIpc) is 2.68. The number of likely N-dealkylation sites (tertiary alicyclic amines) is 1. The molecule has 1 atom stereocenters. The molecule has 1 aromatic heterocycles. The van der Waals surface area contributed by atoms with Crippen LogP contribution in [0.1, 0.15) is 24.0 Å². The van der Waals surface area contributed by atoms with E-state index in [-0.39, 0.29) is 11.8 Å². The van der Waals surface area contributed by atoms with Crippen LogP contribution in [0, 0.1) is 17.2 Å². The van der Waals surface area contributed by atoms with Gasteiger partial charge >= 0.3 is 0 Å². The van der Waals surface area contributed by atoms with Gasteiger partial charge < -0.3 is 9.64 Å². The first-order chi connectivity index (χ1) is 12.6. The zero-order chi connectivity index (χ0) is 18.4. The zero-order valence-corrected chi connectivity index (χ0v) is 15.2. The molecule has 1 saturated heterocycles. The summed E-state index contributed by atoms with van der Waals surface area (Å²) >= 11 is 5.89. The van der Waals surface area contributed by atoms with Crippen molar-refractivity contribution in [2.75, 3.05) is 19.7 Å². The van der Waals surface area contributed by atoms with Crippen LogP contribution < -0.4 is 4.74 Å². The van der Waals surface area contributed by atoms with E-state index >= 15 is 0 Å². The van der Waals surface area contributed by atoms with Crippen LogP contribution in [0.4, 0.5) is 0 Å². The van der Waals surface area contributed by atoms with Crippen LogP contribution in [0.15, 0.2) is 42.6 Å². The summed E-state index contributed by atoms with van der Waals surface area (Å²) in [5, 5.41) is 9.60. The summed E-state index contributed by atoms with van der Waals surface area (Å²) in [7, 11) is 0. The lowest BCUT2D eigenvalue weighted by atomic mass is 9.98. The molecule has 1 amide bonds. The number of carbonyl (C=O) groups excluding carboxylic acids is 1. The molecule has 6 heteroatoms. The normalized spacial score (nSPS) is 16.8. The summed E-state index contributed by atoms with van der Waals surface area (Å²) in [6.45, 7) is 1.96. The molecule has 0 radical (unpaired) electrons. The molecule has 1 aromatic carbocycles. The van der Waals surface area contributed by atoms with Crippen molar-refractivity contribution in [3.05, 3.63) is 58.7 Å². The molecule has 5 nitrogen and oxygen atoms in total. The van der Waals surface area contributed by atoms with Crippen LogP contribution in [-0.2, 0) is 11.2 Å². The molecule has 1 unspecified atom stereocenters. The van der Waals surface area contributed by atoms with Gasteiger partial charge in [-0.15, -0.1) is 0 Å². The minimum absolute atomic E-state index is 0.127. The quantitative estimate of drug-likeness (QED) is 0.809. The van der Waals surface area contributed by atoms with E-state index in [1.54, 1.807) is 30.5 Å². The molecule has 0 N–H and O–H groups in total. The van der Waals surface area contributed by atoms with Crippen molar-refractivity contribution in [2.24, 2.45) is 5.92 Å². The van der Waals surface area contributed by atoms with E-state index in [1.165, 1.54) is 0 Å². The molecule has 0 aliphatic carbocycles. The fourth-order valence-corrected chi connectivity index (χ4v) is 3.20. The molecular weight excluding hydrogens is 350 g/mol. The summed E-state index contributed by atoms with van der Waals surface area (Å²) in [4.78, 5) is 18.6. The lowest BCUT2D eigenvalue weighted by molar-refractivity contribution is -0.132. The lowest BCUT2D eigenvalue weighted by Gasteiger charge is -2.32. The molecule has 2 aromatic rings. The van der Waals surface area contributed by atoms with Crippen molar-refractivity contribution < 1.29 is 9.53 Å². The van der Waals surface area contributed by atoms with Crippen LogP contribution >= 0.6 is 11.6 Å². The third-order valence-electron chi connectivity index (χ3n) is 4.47. The van der Waals surface area contributed by atoms with Gasteiger partial charge in [0.05, 0.1) is 24.7 Å². The lowest BCUT2D eigenvalue weighted by Crippen LogP contribution is -2.42. The first-order valence-electron chi connectivity index (χ1n) is 8.65. The number of ether oxygens (including phenoxy) is 1. The molecule has 2 heterocycles. The smallest absolute Gasteiger partial charge is 0.227 e. The fraction of sp³-hybridized carbons (Fsp3) is 0.350. The van der Waals surface area contributed by atoms with Gasteiger partial charge in [0.1, 0.15) is 0 Å². The van der Waals surface area contributed by atoms with E-state index in [9.17, 15) is 4.79 Å². The minimum Gasteiger partial charge on any atom is -0.477 e. The number of hydrogen-bond acceptors (Lipinski definition) is 4. The highest BCUT2D eigenvalue weighted by Gasteiger charge is 2.24. The van der Waals surface area contributed by atoms with Gasteiger partial charge in [0.25, 0.3) is 0 Å². The van der Waals surface area contributed by atoms with Crippen molar-refractivity contribution in [1.82, 2.24) is 9.88 Å². The summed E-state index contributed by atoms with van der Waals surface area (Å²) in [5.74, 6) is 0.848. The van der Waals surface area contributed by atoms with Crippen LogP contribution in [-0.4, -0.2) is 35.5 Å². The van der Waals surface area contributed by atoms with Crippen molar-refractivity contribution in [2.45, 2.75) is 19.3 Å². The second kappa shape index (κ2) is 8.68. The van der Waals surface area contributed by atoms with Crippen molar-refractivity contribution in [1.29, 1.82) is 5.26 Å². The monoisotopic (exact) mass is 369 g/mol. The van der Waals surface area contributed by atoms with Crippen molar-refractivity contribution in [3.63, 3.8) is 0 Å². The van der Waals surface area contributed by atoms with Crippen molar-refractivity contribution in [3.8, 4) is 11.9 Å². The third-order valence-corrected chi connectivity index (χ3v) is 4.72. The number of piperidine rings is 1. The number of benzene rings is 1. The Morgan fingerprint density at radius 1 is 1.35 bits per heavy atom. The first kappa shape index (κ1) is 18.2. The molecular formula is C20H20ClN3O2. The van der Waals surface area contributed by atoms with Crippen LogP contribution in [0.25, 0.3) is 0 Å². The van der Waals surface area contributed by atoms with Gasteiger partial charge in [0.15, 0.2) is 0 Å². The first-order valence-corrected chi connectivity index (χ1v) is 9.03. The summed E-state index contributed by atoms with van der Waals surface area (Å²) in [6, 6.07) is 12.7. The summed E-state index contributed by atoms with van der Waals surface area (Å²) in [6.07, 6.45) is 3.93. The van der Waals surface area contributed by atoms with Gasteiger partial charge in [-0.2, -0.15) is 5.26 Å². The van der Waals surface area contributed by atoms with Crippen LogP contribution in [0.2, 0.25) is 5.02 Å². The number of hydrogen-bond donors (Lipinski definition) is 0. The highest BCUT2D eigenvalue weighted by molar-refractivity contribution is 6.30. The van der Waals surface area contributed by atoms with Gasteiger partial charge in [0.2, 0.25) is 11.8 Å². The molecule has 0 saturated carbocycles. The highest BCUT2D eigenvalue weighted by atomic mass is 35.5. The highest BCUT2D eigenvalue weighted by Crippen LogP contribution is 2.20. The van der Waals surface area contributed by atoms with Crippen molar-refractivity contribution >= 4 is 17.5 Å². The number of rotatable bonds is 5. The number of amides is 1. The Morgan fingerprint density at radius 3 is 2.92 bits per heavy atom. The summed E-state index contributed by atoms with van der Waals surface area (Å²) in [5.41, 5.74) is 1.49. The Kier molecular flexibility index (Phi) is 6.08. The maximum atomic E-state index is 12.6. The van der Waals surface area contributed by atoms with E-state index < -0.39 is 0 Å². The predicted molar refractivity (Wildman–Crippen MR) is 98.9 cm³/mol. The number of nitrogens with zero attached hydrogens (tertiary/aromatic N) is 3. The van der Waals surface area contributed by atoms with Crippen LogP contribution in [0.5, 0.6) is 5.88 Å². The van der Waals surface area contributed by atoms with E-state index in [2.05, 4.69) is 11.1 Å². The van der Waals surface area contributed by atoms with Gasteiger partial charge in [-0.05, 0) is 36.6 Å². The van der Waals surface area contributed by atoms with Gasteiger partial charge in [-0.3, -0.25) is 4.79 Å². The topological polar surface area (TPSA) is 66.2 Å². The molecule has 1 aliphatic rings. The molecule has 1 fully saturated rings. The average molecular weight is 370 g/mol. The van der Waals surface area contributed by atoms with Gasteiger partial charge in [-0.25, -0.2) is 4.98 Å². The third kappa shape index (κ3) is 4.96. The fourth-order valence-electron chi connectivity index (χ4n) is 3.08. The number of halogens is 1. The summed E-state index contributed by atoms with van der Waals surface area (Å²) < 4.78 is 5.73. The largest absolute Gasteiger partial charge is 0.477 e. The molecule has 26 heavy (non-hydrogen) atoms. The number of aromatic nitrogens is 1. The molecule has 134 valence electrons. The molecule has 3 rings (SSSR count). The van der Waals surface area contributed by atoms with Crippen LogP contribution in [0.3, 0.4) is 0 Å². The van der Waals surface area contributed by atoms with E-state index in [4.69, 9.17) is 21.6 Å². The van der Waals surface area contributed by atoms with Gasteiger partial charge in [-0.1, -0.05) is 23.7 Å². The SMILES string of the molecule is N#Cc1ccnc(OCC2CCCN(C(=O)Cc3ccc(Cl)cc3)C2)c1.